The standard InChI is InChI=1S/C15H14F3N3O/c16-15(17,18)13-11(9-22)8-19-14(20-13)21-7-3-5-10-4-1-2-6-12(10)21/h1-2,4,6,8,22H,3,5,7,9H2. The lowest BCUT2D eigenvalue weighted by Gasteiger charge is -2.29. The van der Waals surface area contributed by atoms with Crippen molar-refractivity contribution < 1.29 is 18.3 Å². The van der Waals surface area contributed by atoms with Crippen molar-refractivity contribution in [3.8, 4) is 0 Å². The lowest BCUT2D eigenvalue weighted by molar-refractivity contribution is -0.142. The van der Waals surface area contributed by atoms with Gasteiger partial charge in [0.2, 0.25) is 5.95 Å². The Morgan fingerprint density at radius 3 is 2.73 bits per heavy atom. The molecule has 0 saturated carbocycles. The predicted octanol–water partition coefficient (Wildman–Crippen LogP) is 3.07. The van der Waals surface area contributed by atoms with Crippen LogP contribution in [0.15, 0.2) is 30.5 Å². The zero-order chi connectivity index (χ0) is 15.7. The van der Waals surface area contributed by atoms with E-state index in [0.717, 1.165) is 30.3 Å². The van der Waals surface area contributed by atoms with Crippen molar-refractivity contribution in [2.45, 2.75) is 25.6 Å². The van der Waals surface area contributed by atoms with Gasteiger partial charge < -0.3 is 10.0 Å². The maximum atomic E-state index is 13.1. The zero-order valence-corrected chi connectivity index (χ0v) is 11.6. The normalized spacial score (nSPS) is 14.8. The van der Waals surface area contributed by atoms with Crippen molar-refractivity contribution in [1.29, 1.82) is 0 Å². The monoisotopic (exact) mass is 309 g/mol. The van der Waals surface area contributed by atoms with E-state index in [-0.39, 0.29) is 11.5 Å². The number of aryl methyl sites for hydroxylation is 1. The first-order chi connectivity index (χ1) is 10.5. The van der Waals surface area contributed by atoms with Crippen LogP contribution in [0.3, 0.4) is 0 Å². The van der Waals surface area contributed by atoms with Crippen molar-refractivity contribution in [2.24, 2.45) is 0 Å². The number of fused-ring (bicyclic) bond motifs is 1. The predicted molar refractivity (Wildman–Crippen MR) is 74.7 cm³/mol. The Kier molecular flexibility index (Phi) is 3.74. The molecular formula is C15H14F3N3O. The number of aliphatic hydroxyl groups is 1. The maximum absolute atomic E-state index is 13.1. The van der Waals surface area contributed by atoms with Crippen LogP contribution in [0.4, 0.5) is 24.8 Å². The Morgan fingerprint density at radius 1 is 1.23 bits per heavy atom. The van der Waals surface area contributed by atoms with Gasteiger partial charge in [0.05, 0.1) is 6.61 Å². The third-order valence-electron chi connectivity index (χ3n) is 3.64. The fraction of sp³-hybridized carbons (Fsp3) is 0.333. The van der Waals surface area contributed by atoms with E-state index in [2.05, 4.69) is 9.97 Å². The number of aromatic nitrogens is 2. The van der Waals surface area contributed by atoms with Gasteiger partial charge in [0, 0.05) is 24.0 Å². The van der Waals surface area contributed by atoms with Crippen molar-refractivity contribution in [3.63, 3.8) is 0 Å². The number of aliphatic hydroxyl groups excluding tert-OH is 1. The highest BCUT2D eigenvalue weighted by Gasteiger charge is 2.36. The molecule has 1 aromatic carbocycles. The molecule has 0 bridgehead atoms. The van der Waals surface area contributed by atoms with E-state index in [0.29, 0.717) is 6.54 Å². The number of benzene rings is 1. The second-order valence-corrected chi connectivity index (χ2v) is 5.08. The van der Waals surface area contributed by atoms with E-state index in [1.807, 2.05) is 24.3 Å². The van der Waals surface area contributed by atoms with Crippen LogP contribution in [0.2, 0.25) is 0 Å². The molecule has 116 valence electrons. The molecule has 0 saturated heterocycles. The Bertz CT molecular complexity index is 688. The Labute approximate surface area is 125 Å². The molecule has 0 fully saturated rings. The minimum absolute atomic E-state index is 0.0108. The topological polar surface area (TPSA) is 49.3 Å². The third-order valence-corrected chi connectivity index (χ3v) is 3.64. The molecule has 0 aliphatic carbocycles. The molecule has 7 heteroatoms. The number of alkyl halides is 3. The zero-order valence-electron chi connectivity index (χ0n) is 11.6. The first-order valence-electron chi connectivity index (χ1n) is 6.90. The van der Waals surface area contributed by atoms with Crippen molar-refractivity contribution in [1.82, 2.24) is 9.97 Å². The SMILES string of the molecule is OCc1cnc(N2CCCc3ccccc32)nc1C(F)(F)F. The lowest BCUT2D eigenvalue weighted by atomic mass is 10.0. The summed E-state index contributed by atoms with van der Waals surface area (Å²) >= 11 is 0. The molecule has 4 nitrogen and oxygen atoms in total. The largest absolute Gasteiger partial charge is 0.433 e. The summed E-state index contributed by atoms with van der Waals surface area (Å²) in [5, 5.41) is 9.05. The molecule has 0 spiro atoms. The van der Waals surface area contributed by atoms with Gasteiger partial charge in [-0.25, -0.2) is 9.97 Å². The van der Waals surface area contributed by atoms with Gasteiger partial charge in [-0.05, 0) is 24.5 Å². The maximum Gasteiger partial charge on any atom is 0.433 e. The van der Waals surface area contributed by atoms with Crippen molar-refractivity contribution in [3.05, 3.63) is 47.3 Å². The summed E-state index contributed by atoms with van der Waals surface area (Å²) in [6.07, 6.45) is -1.87. The molecule has 1 aliphatic heterocycles. The van der Waals surface area contributed by atoms with Gasteiger partial charge in [-0.15, -0.1) is 0 Å². The van der Waals surface area contributed by atoms with Gasteiger partial charge >= 0.3 is 6.18 Å². The second-order valence-electron chi connectivity index (χ2n) is 5.08. The third kappa shape index (κ3) is 2.64. The summed E-state index contributed by atoms with van der Waals surface area (Å²) in [6.45, 7) is -0.182. The highest BCUT2D eigenvalue weighted by atomic mass is 19.4. The Hall–Kier alpha value is -2.15. The Morgan fingerprint density at radius 2 is 2.00 bits per heavy atom. The molecule has 0 amide bonds. The average Bonchev–Trinajstić information content (AvgIpc) is 2.53. The summed E-state index contributed by atoms with van der Waals surface area (Å²) in [7, 11) is 0. The molecular weight excluding hydrogens is 295 g/mol. The van der Waals surface area contributed by atoms with E-state index < -0.39 is 18.5 Å². The molecule has 1 aromatic heterocycles. The van der Waals surface area contributed by atoms with Crippen LogP contribution in [-0.2, 0) is 19.2 Å². The molecule has 0 atom stereocenters. The van der Waals surface area contributed by atoms with Gasteiger partial charge in [0.15, 0.2) is 5.69 Å². The molecule has 22 heavy (non-hydrogen) atoms. The van der Waals surface area contributed by atoms with Crippen LogP contribution >= 0.6 is 0 Å². The lowest BCUT2D eigenvalue weighted by Crippen LogP contribution is -2.27. The van der Waals surface area contributed by atoms with Gasteiger partial charge in [-0.3, -0.25) is 0 Å². The molecule has 1 aliphatic rings. The highest BCUT2D eigenvalue weighted by molar-refractivity contribution is 5.63. The smallest absolute Gasteiger partial charge is 0.392 e. The average molecular weight is 309 g/mol. The van der Waals surface area contributed by atoms with Gasteiger partial charge in [0.25, 0.3) is 0 Å². The quantitative estimate of drug-likeness (QED) is 0.926. The summed E-state index contributed by atoms with van der Waals surface area (Å²) in [5.74, 6) is 0.0108. The van der Waals surface area contributed by atoms with Crippen LogP contribution in [0.25, 0.3) is 0 Å². The van der Waals surface area contributed by atoms with Crippen LogP contribution in [0.5, 0.6) is 0 Å². The van der Waals surface area contributed by atoms with Crippen molar-refractivity contribution >= 4 is 11.6 Å². The number of rotatable bonds is 2. The number of anilines is 2. The van der Waals surface area contributed by atoms with Gasteiger partial charge in [-0.2, -0.15) is 13.2 Å². The number of halogens is 3. The van der Waals surface area contributed by atoms with E-state index in [1.54, 1.807) is 4.90 Å². The summed E-state index contributed by atoms with van der Waals surface area (Å²) in [5.41, 5.74) is 0.500. The number of hydrogen-bond donors (Lipinski definition) is 1. The Balaban J connectivity index is 2.07. The van der Waals surface area contributed by atoms with E-state index >= 15 is 0 Å². The highest BCUT2D eigenvalue weighted by Crippen LogP contribution is 2.35. The number of hydrogen-bond acceptors (Lipinski definition) is 4. The molecule has 3 rings (SSSR count). The van der Waals surface area contributed by atoms with Gasteiger partial charge in [0.1, 0.15) is 0 Å². The van der Waals surface area contributed by atoms with Crippen molar-refractivity contribution in [2.75, 3.05) is 11.4 Å². The number of para-hydroxylation sites is 1. The summed E-state index contributed by atoms with van der Waals surface area (Å²) in [6, 6.07) is 7.54. The molecule has 0 unspecified atom stereocenters. The van der Waals surface area contributed by atoms with Crippen LogP contribution in [0, 0.1) is 0 Å². The molecule has 2 aromatic rings. The van der Waals surface area contributed by atoms with E-state index in [1.165, 1.54) is 0 Å². The first kappa shape index (κ1) is 14.8. The summed E-state index contributed by atoms with van der Waals surface area (Å²) in [4.78, 5) is 9.36. The van der Waals surface area contributed by atoms with Gasteiger partial charge in [-0.1, -0.05) is 18.2 Å². The second kappa shape index (κ2) is 5.57. The molecule has 0 radical (unpaired) electrons. The van der Waals surface area contributed by atoms with Crippen LogP contribution in [-0.4, -0.2) is 21.6 Å². The minimum atomic E-state index is -4.62. The molecule has 2 heterocycles. The van der Waals surface area contributed by atoms with Crippen LogP contribution < -0.4 is 4.90 Å². The number of nitrogens with zero attached hydrogens (tertiary/aromatic N) is 3. The molecule has 1 N–H and O–H groups in total. The minimum Gasteiger partial charge on any atom is -0.392 e. The summed E-state index contributed by atoms with van der Waals surface area (Å²) < 4.78 is 39.2. The van der Waals surface area contributed by atoms with E-state index in [9.17, 15) is 13.2 Å². The first-order valence-corrected chi connectivity index (χ1v) is 6.90. The van der Waals surface area contributed by atoms with E-state index in [4.69, 9.17) is 5.11 Å². The van der Waals surface area contributed by atoms with Crippen LogP contribution in [0.1, 0.15) is 23.2 Å². The fourth-order valence-corrected chi connectivity index (χ4v) is 2.63. The fourth-order valence-electron chi connectivity index (χ4n) is 2.63.